The Morgan fingerprint density at radius 3 is 2.33 bits per heavy atom. The third-order valence-corrected chi connectivity index (χ3v) is 4.54. The summed E-state index contributed by atoms with van der Waals surface area (Å²) >= 11 is 12.1. The largest absolute Gasteiger partial charge is 0.485 e. The van der Waals surface area contributed by atoms with Gasteiger partial charge in [0.1, 0.15) is 11.9 Å². The standard InChI is InChI=1S/C17H17Cl2NO/c1-11-2-5-14(6-3-11)21-17(13-9-20-10-13)12-4-7-15(18)16(19)8-12/h2-8,13,17,20H,9-10H2,1H3/t17-/m0/s1. The van der Waals surface area contributed by atoms with Crippen molar-refractivity contribution in [3.63, 3.8) is 0 Å². The van der Waals surface area contributed by atoms with Crippen LogP contribution in [-0.2, 0) is 0 Å². The van der Waals surface area contributed by atoms with E-state index in [1.807, 2.05) is 30.3 Å². The number of hydrogen-bond donors (Lipinski definition) is 1. The summed E-state index contributed by atoms with van der Waals surface area (Å²) < 4.78 is 6.21. The zero-order valence-electron chi connectivity index (χ0n) is 11.8. The number of nitrogens with one attached hydrogen (secondary N) is 1. The average Bonchev–Trinajstić information content (AvgIpc) is 2.41. The van der Waals surface area contributed by atoms with E-state index >= 15 is 0 Å². The Hall–Kier alpha value is -1.22. The Balaban J connectivity index is 1.86. The molecule has 0 spiro atoms. The Kier molecular flexibility index (Phi) is 4.39. The minimum atomic E-state index is -0.0104. The molecule has 1 aliphatic rings. The van der Waals surface area contributed by atoms with Gasteiger partial charge in [0.05, 0.1) is 10.0 Å². The van der Waals surface area contributed by atoms with Crippen molar-refractivity contribution in [2.24, 2.45) is 5.92 Å². The van der Waals surface area contributed by atoms with Crippen LogP contribution in [0, 0.1) is 12.8 Å². The maximum absolute atomic E-state index is 6.21. The summed E-state index contributed by atoms with van der Waals surface area (Å²) in [6.07, 6.45) is -0.0104. The molecule has 1 aliphatic heterocycles. The predicted molar refractivity (Wildman–Crippen MR) is 87.4 cm³/mol. The summed E-state index contributed by atoms with van der Waals surface area (Å²) in [6, 6.07) is 13.8. The number of aryl methyl sites for hydroxylation is 1. The van der Waals surface area contributed by atoms with Crippen molar-refractivity contribution >= 4 is 23.2 Å². The van der Waals surface area contributed by atoms with E-state index in [-0.39, 0.29) is 6.10 Å². The summed E-state index contributed by atoms with van der Waals surface area (Å²) in [6.45, 7) is 3.98. The average molecular weight is 322 g/mol. The zero-order valence-corrected chi connectivity index (χ0v) is 13.3. The molecule has 0 unspecified atom stereocenters. The molecule has 0 saturated carbocycles. The van der Waals surface area contributed by atoms with E-state index in [4.69, 9.17) is 27.9 Å². The third kappa shape index (κ3) is 3.34. The maximum atomic E-state index is 6.21. The second-order valence-electron chi connectivity index (χ2n) is 5.44. The monoisotopic (exact) mass is 321 g/mol. The van der Waals surface area contributed by atoms with Crippen molar-refractivity contribution in [2.45, 2.75) is 13.0 Å². The van der Waals surface area contributed by atoms with Crippen LogP contribution in [0.4, 0.5) is 0 Å². The molecule has 0 radical (unpaired) electrons. The maximum Gasteiger partial charge on any atom is 0.129 e. The van der Waals surface area contributed by atoms with Crippen LogP contribution in [0.5, 0.6) is 5.75 Å². The summed E-state index contributed by atoms with van der Waals surface area (Å²) in [7, 11) is 0. The van der Waals surface area contributed by atoms with Gasteiger partial charge in [-0.05, 0) is 36.8 Å². The van der Waals surface area contributed by atoms with Crippen LogP contribution in [0.2, 0.25) is 10.0 Å². The third-order valence-electron chi connectivity index (χ3n) is 3.80. The molecule has 21 heavy (non-hydrogen) atoms. The van der Waals surface area contributed by atoms with Crippen LogP contribution in [0.3, 0.4) is 0 Å². The number of benzene rings is 2. The molecule has 0 bridgehead atoms. The van der Waals surface area contributed by atoms with Crippen LogP contribution in [0.1, 0.15) is 17.2 Å². The lowest BCUT2D eigenvalue weighted by atomic mass is 9.91. The zero-order chi connectivity index (χ0) is 14.8. The van der Waals surface area contributed by atoms with Gasteiger partial charge in [0.25, 0.3) is 0 Å². The smallest absolute Gasteiger partial charge is 0.129 e. The second-order valence-corrected chi connectivity index (χ2v) is 6.26. The molecule has 3 rings (SSSR count). The Morgan fingerprint density at radius 2 is 1.76 bits per heavy atom. The van der Waals surface area contributed by atoms with Gasteiger partial charge in [-0.25, -0.2) is 0 Å². The number of hydrogen-bond acceptors (Lipinski definition) is 2. The first-order valence-corrected chi connectivity index (χ1v) is 7.78. The molecular weight excluding hydrogens is 305 g/mol. The quantitative estimate of drug-likeness (QED) is 0.885. The van der Waals surface area contributed by atoms with Gasteiger partial charge < -0.3 is 10.1 Å². The van der Waals surface area contributed by atoms with Gasteiger partial charge in [-0.2, -0.15) is 0 Å². The first-order valence-electron chi connectivity index (χ1n) is 7.02. The van der Waals surface area contributed by atoms with Crippen molar-refractivity contribution in [2.75, 3.05) is 13.1 Å². The number of halogens is 2. The van der Waals surface area contributed by atoms with Gasteiger partial charge in [0.15, 0.2) is 0 Å². The van der Waals surface area contributed by atoms with E-state index in [1.54, 1.807) is 0 Å². The molecule has 2 nitrogen and oxygen atoms in total. The highest BCUT2D eigenvalue weighted by molar-refractivity contribution is 6.42. The summed E-state index contributed by atoms with van der Waals surface area (Å²) in [5.41, 5.74) is 2.29. The van der Waals surface area contributed by atoms with Crippen LogP contribution in [-0.4, -0.2) is 13.1 Å². The lowest BCUT2D eigenvalue weighted by molar-refractivity contribution is 0.0993. The van der Waals surface area contributed by atoms with Crippen molar-refractivity contribution in [3.8, 4) is 5.75 Å². The molecule has 1 atom stereocenters. The molecule has 0 amide bonds. The normalized spacial score (nSPS) is 16.3. The van der Waals surface area contributed by atoms with E-state index in [0.717, 1.165) is 24.4 Å². The highest BCUT2D eigenvalue weighted by Gasteiger charge is 2.30. The molecule has 2 aromatic carbocycles. The van der Waals surface area contributed by atoms with Gasteiger partial charge in [0, 0.05) is 19.0 Å². The minimum absolute atomic E-state index is 0.0104. The molecule has 1 N–H and O–H groups in total. The van der Waals surface area contributed by atoms with Crippen molar-refractivity contribution in [1.29, 1.82) is 0 Å². The van der Waals surface area contributed by atoms with Gasteiger partial charge in [-0.1, -0.05) is 47.0 Å². The van der Waals surface area contributed by atoms with Crippen LogP contribution in [0.25, 0.3) is 0 Å². The van der Waals surface area contributed by atoms with Gasteiger partial charge in [-0.15, -0.1) is 0 Å². The highest BCUT2D eigenvalue weighted by Crippen LogP contribution is 2.34. The van der Waals surface area contributed by atoms with E-state index < -0.39 is 0 Å². The second kappa shape index (κ2) is 6.27. The predicted octanol–water partition coefficient (Wildman–Crippen LogP) is 4.64. The van der Waals surface area contributed by atoms with Crippen molar-refractivity contribution in [3.05, 3.63) is 63.6 Å². The Labute approximate surface area is 135 Å². The number of ether oxygens (including phenoxy) is 1. The SMILES string of the molecule is Cc1ccc(O[C@@H](c2ccc(Cl)c(Cl)c2)C2CNC2)cc1. The first-order chi connectivity index (χ1) is 10.1. The lowest BCUT2D eigenvalue weighted by Crippen LogP contribution is -2.46. The van der Waals surface area contributed by atoms with Crippen molar-refractivity contribution in [1.82, 2.24) is 5.32 Å². The molecule has 0 aromatic heterocycles. The summed E-state index contributed by atoms with van der Waals surface area (Å²) in [5, 5.41) is 4.43. The molecule has 1 heterocycles. The Morgan fingerprint density at radius 1 is 1.05 bits per heavy atom. The Bertz CT molecular complexity index is 623. The molecule has 110 valence electrons. The summed E-state index contributed by atoms with van der Waals surface area (Å²) in [5.74, 6) is 1.33. The molecular formula is C17H17Cl2NO. The van der Waals surface area contributed by atoms with Crippen LogP contribution < -0.4 is 10.1 Å². The van der Waals surface area contributed by atoms with Gasteiger partial charge in [-0.3, -0.25) is 0 Å². The van der Waals surface area contributed by atoms with Crippen LogP contribution in [0.15, 0.2) is 42.5 Å². The van der Waals surface area contributed by atoms with E-state index in [0.29, 0.717) is 16.0 Å². The molecule has 4 heteroatoms. The fourth-order valence-electron chi connectivity index (χ4n) is 2.41. The van der Waals surface area contributed by atoms with E-state index in [2.05, 4.69) is 24.4 Å². The molecule has 1 fully saturated rings. The van der Waals surface area contributed by atoms with E-state index in [1.165, 1.54) is 5.56 Å². The van der Waals surface area contributed by atoms with Crippen LogP contribution >= 0.6 is 23.2 Å². The van der Waals surface area contributed by atoms with Gasteiger partial charge in [0.2, 0.25) is 0 Å². The minimum Gasteiger partial charge on any atom is -0.485 e. The lowest BCUT2D eigenvalue weighted by Gasteiger charge is -2.35. The summed E-state index contributed by atoms with van der Waals surface area (Å²) in [4.78, 5) is 0. The molecule has 1 saturated heterocycles. The van der Waals surface area contributed by atoms with Crippen molar-refractivity contribution < 1.29 is 4.74 Å². The molecule has 0 aliphatic carbocycles. The topological polar surface area (TPSA) is 21.3 Å². The van der Waals surface area contributed by atoms with Gasteiger partial charge >= 0.3 is 0 Å². The first kappa shape index (κ1) is 14.7. The fraction of sp³-hybridized carbons (Fsp3) is 0.294. The number of rotatable bonds is 4. The fourth-order valence-corrected chi connectivity index (χ4v) is 2.72. The van der Waals surface area contributed by atoms with E-state index in [9.17, 15) is 0 Å². The highest BCUT2D eigenvalue weighted by atomic mass is 35.5. The molecule has 2 aromatic rings.